The molecule has 0 radical (unpaired) electrons. The third kappa shape index (κ3) is 3.06. The molecule has 0 aliphatic carbocycles. The van der Waals surface area contributed by atoms with Crippen LogP contribution in [0.5, 0.6) is 0 Å². The molecule has 9 heteroatoms. The highest BCUT2D eigenvalue weighted by Gasteiger charge is 2.31. The van der Waals surface area contributed by atoms with Gasteiger partial charge in [0.25, 0.3) is 14.2 Å². The van der Waals surface area contributed by atoms with E-state index in [-0.39, 0.29) is 11.4 Å². The number of aromatic nitrogens is 3. The summed E-state index contributed by atoms with van der Waals surface area (Å²) in [6.45, 7) is 5.01. The van der Waals surface area contributed by atoms with Crippen LogP contribution in [0.2, 0.25) is 0 Å². The van der Waals surface area contributed by atoms with Crippen LogP contribution in [0, 0.1) is 11.6 Å². The largest absolute Gasteiger partial charge is 0.296 e. The molecule has 1 aromatic carbocycles. The minimum absolute atomic E-state index is 0.112. The standard InChI is InChI=1S/C12H12ClF2N3O2S/c1-12(2,3)18-10(16-17-11(18)21(13,19)20)8-6-7(14)4-5-9(8)15/h4-6H,1-3H3. The summed E-state index contributed by atoms with van der Waals surface area (Å²) in [6.07, 6.45) is 0. The lowest BCUT2D eigenvalue weighted by atomic mass is 10.1. The molecule has 0 bridgehead atoms. The van der Waals surface area contributed by atoms with Crippen molar-refractivity contribution < 1.29 is 17.2 Å². The van der Waals surface area contributed by atoms with Crippen molar-refractivity contribution in [2.45, 2.75) is 31.5 Å². The molecule has 0 amide bonds. The highest BCUT2D eigenvalue weighted by atomic mass is 35.7. The maximum atomic E-state index is 13.9. The van der Waals surface area contributed by atoms with Gasteiger partial charge in [0.2, 0.25) is 0 Å². The Labute approximate surface area is 125 Å². The van der Waals surface area contributed by atoms with Gasteiger partial charge in [0, 0.05) is 16.2 Å². The summed E-state index contributed by atoms with van der Waals surface area (Å²) in [4.78, 5) is 0. The first-order valence-electron chi connectivity index (χ1n) is 5.88. The summed E-state index contributed by atoms with van der Waals surface area (Å²) >= 11 is 0. The van der Waals surface area contributed by atoms with Crippen molar-refractivity contribution in [1.82, 2.24) is 14.8 Å². The Morgan fingerprint density at radius 1 is 1.19 bits per heavy atom. The van der Waals surface area contributed by atoms with E-state index in [4.69, 9.17) is 10.7 Å². The number of halogens is 3. The van der Waals surface area contributed by atoms with Crippen molar-refractivity contribution in [1.29, 1.82) is 0 Å². The molecule has 2 rings (SSSR count). The second-order valence-electron chi connectivity index (χ2n) is 5.37. The Bertz CT molecular complexity index is 797. The van der Waals surface area contributed by atoms with Crippen LogP contribution >= 0.6 is 10.7 Å². The second kappa shape index (κ2) is 5.03. The van der Waals surface area contributed by atoms with E-state index in [1.807, 2.05) is 0 Å². The molecule has 0 spiro atoms. The van der Waals surface area contributed by atoms with Crippen molar-refractivity contribution in [3.63, 3.8) is 0 Å². The highest BCUT2D eigenvalue weighted by Crippen LogP contribution is 2.31. The first kappa shape index (κ1) is 15.8. The van der Waals surface area contributed by atoms with Crippen LogP contribution in [-0.2, 0) is 14.6 Å². The molecule has 0 aliphatic heterocycles. The molecule has 5 nitrogen and oxygen atoms in total. The van der Waals surface area contributed by atoms with Gasteiger partial charge < -0.3 is 0 Å². The highest BCUT2D eigenvalue weighted by molar-refractivity contribution is 8.13. The Morgan fingerprint density at radius 3 is 2.33 bits per heavy atom. The van der Waals surface area contributed by atoms with Gasteiger partial charge in [-0.25, -0.2) is 17.2 Å². The zero-order chi connectivity index (χ0) is 16.0. The molecule has 1 heterocycles. The van der Waals surface area contributed by atoms with Crippen LogP contribution < -0.4 is 0 Å². The van der Waals surface area contributed by atoms with Crippen LogP contribution in [0.4, 0.5) is 8.78 Å². The van der Waals surface area contributed by atoms with E-state index in [0.29, 0.717) is 0 Å². The van der Waals surface area contributed by atoms with Gasteiger partial charge in [-0.2, -0.15) is 0 Å². The van der Waals surface area contributed by atoms with Gasteiger partial charge in [0.1, 0.15) is 11.6 Å². The van der Waals surface area contributed by atoms with E-state index in [1.54, 1.807) is 20.8 Å². The predicted octanol–water partition coefficient (Wildman–Crippen LogP) is 2.91. The molecule has 114 valence electrons. The number of nitrogens with zero attached hydrogens (tertiary/aromatic N) is 3. The quantitative estimate of drug-likeness (QED) is 0.791. The lowest BCUT2D eigenvalue weighted by molar-refractivity contribution is 0.366. The van der Waals surface area contributed by atoms with Crippen LogP contribution in [0.25, 0.3) is 11.4 Å². The van der Waals surface area contributed by atoms with Gasteiger partial charge in [-0.3, -0.25) is 4.57 Å². The molecule has 0 fully saturated rings. The van der Waals surface area contributed by atoms with Gasteiger partial charge in [0.05, 0.1) is 5.56 Å². The topological polar surface area (TPSA) is 64.8 Å². The van der Waals surface area contributed by atoms with Gasteiger partial charge in [-0.15, -0.1) is 10.2 Å². The SMILES string of the molecule is CC(C)(C)n1c(-c2cc(F)ccc2F)nnc1S(=O)(=O)Cl. The summed E-state index contributed by atoms with van der Waals surface area (Å²) in [5, 5.41) is 6.65. The fraction of sp³-hybridized carbons (Fsp3) is 0.333. The third-order valence-corrected chi connectivity index (χ3v) is 3.81. The maximum absolute atomic E-state index is 13.9. The molecule has 0 aliphatic rings. The van der Waals surface area contributed by atoms with E-state index in [0.717, 1.165) is 22.8 Å². The molecule has 0 N–H and O–H groups in total. The molecule has 0 atom stereocenters. The first-order valence-corrected chi connectivity index (χ1v) is 8.19. The molecule has 0 unspecified atom stereocenters. The number of benzene rings is 1. The Balaban J connectivity index is 2.83. The Morgan fingerprint density at radius 2 is 1.81 bits per heavy atom. The van der Waals surface area contributed by atoms with Crippen molar-refractivity contribution in [2.75, 3.05) is 0 Å². The normalized spacial score (nSPS) is 12.7. The number of hydrogen-bond donors (Lipinski definition) is 0. The van der Waals surface area contributed by atoms with Crippen LogP contribution in [0.3, 0.4) is 0 Å². The van der Waals surface area contributed by atoms with Crippen LogP contribution in [0.15, 0.2) is 23.4 Å². The van der Waals surface area contributed by atoms with E-state index in [2.05, 4.69) is 10.2 Å². The van der Waals surface area contributed by atoms with E-state index in [9.17, 15) is 17.2 Å². The van der Waals surface area contributed by atoms with Crippen molar-refractivity contribution in [3.8, 4) is 11.4 Å². The molecule has 0 saturated heterocycles. The van der Waals surface area contributed by atoms with Gasteiger partial charge in [-0.1, -0.05) is 0 Å². The molecule has 21 heavy (non-hydrogen) atoms. The van der Waals surface area contributed by atoms with Crippen molar-refractivity contribution in [3.05, 3.63) is 29.8 Å². The first-order chi connectivity index (χ1) is 9.51. The maximum Gasteiger partial charge on any atom is 0.296 e. The molecular formula is C12H12ClF2N3O2S. The summed E-state index contributed by atoms with van der Waals surface area (Å²) in [6, 6.07) is 2.81. The lowest BCUT2D eigenvalue weighted by Crippen LogP contribution is -2.26. The average Bonchev–Trinajstić information content (AvgIpc) is 2.76. The zero-order valence-corrected chi connectivity index (χ0v) is 13.0. The van der Waals surface area contributed by atoms with Crippen LogP contribution in [-0.4, -0.2) is 23.2 Å². The summed E-state index contributed by atoms with van der Waals surface area (Å²) < 4.78 is 51.5. The lowest BCUT2D eigenvalue weighted by Gasteiger charge is -2.24. The van der Waals surface area contributed by atoms with Gasteiger partial charge >= 0.3 is 0 Å². The molecule has 0 saturated carbocycles. The molecular weight excluding hydrogens is 324 g/mol. The molecule has 2 aromatic rings. The minimum Gasteiger partial charge on any atom is -0.291 e. The monoisotopic (exact) mass is 335 g/mol. The fourth-order valence-electron chi connectivity index (χ4n) is 1.88. The van der Waals surface area contributed by atoms with E-state index in [1.165, 1.54) is 0 Å². The second-order valence-corrected chi connectivity index (χ2v) is 7.83. The van der Waals surface area contributed by atoms with E-state index < -0.39 is 31.4 Å². The molecule has 1 aromatic heterocycles. The third-order valence-electron chi connectivity index (χ3n) is 2.69. The summed E-state index contributed by atoms with van der Waals surface area (Å²) in [7, 11) is 1.14. The van der Waals surface area contributed by atoms with Crippen molar-refractivity contribution in [2.24, 2.45) is 0 Å². The fourth-order valence-corrected chi connectivity index (χ4v) is 2.89. The minimum atomic E-state index is -4.18. The number of rotatable bonds is 2. The Hall–Kier alpha value is -1.54. The summed E-state index contributed by atoms with van der Waals surface area (Å²) in [5.41, 5.74) is -1.00. The van der Waals surface area contributed by atoms with Crippen molar-refractivity contribution >= 4 is 19.7 Å². The smallest absolute Gasteiger partial charge is 0.291 e. The van der Waals surface area contributed by atoms with Gasteiger partial charge in [-0.05, 0) is 39.0 Å². The zero-order valence-electron chi connectivity index (χ0n) is 11.4. The number of hydrogen-bond acceptors (Lipinski definition) is 4. The average molecular weight is 336 g/mol. The predicted molar refractivity (Wildman–Crippen MR) is 73.4 cm³/mol. The van der Waals surface area contributed by atoms with Gasteiger partial charge in [0.15, 0.2) is 5.82 Å². The van der Waals surface area contributed by atoms with Crippen LogP contribution in [0.1, 0.15) is 20.8 Å². The van der Waals surface area contributed by atoms with E-state index >= 15 is 0 Å². The summed E-state index contributed by atoms with van der Waals surface area (Å²) in [5.74, 6) is -1.53. The Kier molecular flexibility index (Phi) is 3.79.